The van der Waals surface area contributed by atoms with Crippen molar-refractivity contribution in [2.45, 2.75) is 55.7 Å². The van der Waals surface area contributed by atoms with Crippen LogP contribution < -0.4 is 9.64 Å². The molecule has 4 aliphatic rings. The molecule has 5 atom stereocenters. The number of phenolic OH excluding ortho intramolecular Hbond substituents is 1. The molecule has 2 aliphatic carbocycles. The summed E-state index contributed by atoms with van der Waals surface area (Å²) in [6.45, 7) is 2.02. The number of rotatable bonds is 7. The summed E-state index contributed by atoms with van der Waals surface area (Å²) in [6.07, 6.45) is 11.3. The lowest BCUT2D eigenvalue weighted by Crippen LogP contribution is -2.69. The highest BCUT2D eigenvalue weighted by Crippen LogP contribution is 2.65. The number of carbonyl (C=O) groups is 1. The number of phenols is 1. The lowest BCUT2D eigenvalue weighted by atomic mass is 9.50. The van der Waals surface area contributed by atoms with Gasteiger partial charge in [-0.25, -0.2) is 0 Å². The molecular formula is C34H39N3O4. The minimum Gasteiger partial charge on any atom is -0.504 e. The van der Waals surface area contributed by atoms with Gasteiger partial charge in [-0.1, -0.05) is 30.3 Å². The summed E-state index contributed by atoms with van der Waals surface area (Å²) in [7, 11) is 6.01. The standard InChI is InChI=1S/C34H39N3O4/c1-35(2)27-20-29(38)32-31-24(27)19-28-25-10-11-26(36(3)30(39)12-9-23-14-18-40-21-23)33(41-32)34(25,31)15-17-37(28)16-13-22-7-5-4-6-8-22/h4-9,12,14,18,20-21,25-26,28,33,38H,10-11,13,15-17,19H2,1-3H3/t25-,26+,28+,33-,34-/m0/s1. The van der Waals surface area contributed by atoms with Crippen LogP contribution >= 0.6 is 0 Å². The van der Waals surface area contributed by atoms with Crippen LogP contribution in [0.5, 0.6) is 11.5 Å². The fraction of sp³-hybridized carbons (Fsp3) is 0.441. The van der Waals surface area contributed by atoms with Crippen LogP contribution in [0.2, 0.25) is 0 Å². The number of hydrogen-bond acceptors (Lipinski definition) is 6. The first-order chi connectivity index (χ1) is 19.9. The second-order valence-electron chi connectivity index (χ2n) is 12.5. The van der Waals surface area contributed by atoms with E-state index in [9.17, 15) is 9.90 Å². The van der Waals surface area contributed by atoms with Crippen LogP contribution in [-0.2, 0) is 23.1 Å². The van der Waals surface area contributed by atoms with Crippen molar-refractivity contribution in [1.82, 2.24) is 9.80 Å². The van der Waals surface area contributed by atoms with Gasteiger partial charge in [0.2, 0.25) is 5.91 Å². The van der Waals surface area contributed by atoms with E-state index in [1.165, 1.54) is 16.7 Å². The van der Waals surface area contributed by atoms with Crippen LogP contribution in [-0.4, -0.2) is 73.2 Å². The quantitative estimate of drug-likeness (QED) is 0.421. The number of furan rings is 1. The zero-order valence-electron chi connectivity index (χ0n) is 24.1. The lowest BCUT2D eigenvalue weighted by molar-refractivity contribution is -0.135. The van der Waals surface area contributed by atoms with Gasteiger partial charge in [0.05, 0.1) is 18.6 Å². The van der Waals surface area contributed by atoms with Crippen molar-refractivity contribution in [2.24, 2.45) is 5.92 Å². The second-order valence-corrected chi connectivity index (χ2v) is 12.5. The normalized spacial score (nSPS) is 27.9. The smallest absolute Gasteiger partial charge is 0.246 e. The van der Waals surface area contributed by atoms with E-state index in [1.807, 2.05) is 24.1 Å². The van der Waals surface area contributed by atoms with Crippen LogP contribution in [0.25, 0.3) is 6.08 Å². The Kier molecular flexibility index (Phi) is 6.38. The molecular weight excluding hydrogens is 514 g/mol. The fourth-order valence-corrected chi connectivity index (χ4v) is 8.47. The maximum absolute atomic E-state index is 13.4. The van der Waals surface area contributed by atoms with Crippen molar-refractivity contribution in [1.29, 1.82) is 0 Å². The zero-order chi connectivity index (χ0) is 28.3. The summed E-state index contributed by atoms with van der Waals surface area (Å²) in [5.74, 6) is 1.24. The number of ether oxygens (including phenoxy) is 1. The number of hydrogen-bond donors (Lipinski definition) is 1. The van der Waals surface area contributed by atoms with Gasteiger partial charge >= 0.3 is 0 Å². The first-order valence-corrected chi connectivity index (χ1v) is 14.9. The van der Waals surface area contributed by atoms with Crippen LogP contribution in [0.15, 0.2) is 65.5 Å². The molecule has 2 aliphatic heterocycles. The molecule has 7 rings (SSSR count). The fourth-order valence-electron chi connectivity index (χ4n) is 8.47. The maximum Gasteiger partial charge on any atom is 0.246 e. The van der Waals surface area contributed by atoms with Crippen molar-refractivity contribution in [3.8, 4) is 11.5 Å². The van der Waals surface area contributed by atoms with Crippen LogP contribution in [0.3, 0.4) is 0 Å². The topological polar surface area (TPSA) is 69.4 Å². The van der Waals surface area contributed by atoms with E-state index in [0.29, 0.717) is 17.7 Å². The Labute approximate surface area is 242 Å². The van der Waals surface area contributed by atoms with Crippen molar-refractivity contribution in [3.05, 3.63) is 83.3 Å². The molecule has 2 fully saturated rings. The molecule has 1 N–H and O–H groups in total. The Morgan fingerprint density at radius 2 is 2.00 bits per heavy atom. The number of likely N-dealkylation sites (N-methyl/N-ethyl adjacent to an activating group) is 1. The Balaban J connectivity index is 1.25. The van der Waals surface area contributed by atoms with Crippen molar-refractivity contribution in [2.75, 3.05) is 39.1 Å². The third kappa shape index (κ3) is 4.08. The molecule has 3 heterocycles. The van der Waals surface area contributed by atoms with Gasteiger partial charge in [0.1, 0.15) is 6.10 Å². The summed E-state index contributed by atoms with van der Waals surface area (Å²) in [4.78, 5) is 20.1. The van der Waals surface area contributed by atoms with Crippen LogP contribution in [0.1, 0.15) is 41.5 Å². The monoisotopic (exact) mass is 553 g/mol. The van der Waals surface area contributed by atoms with Gasteiger partial charge in [0.15, 0.2) is 11.5 Å². The molecule has 1 saturated heterocycles. The molecule has 0 unspecified atom stereocenters. The molecule has 0 radical (unpaired) electrons. The first-order valence-electron chi connectivity index (χ1n) is 14.9. The van der Waals surface area contributed by atoms with Crippen molar-refractivity contribution < 1.29 is 19.1 Å². The zero-order valence-corrected chi connectivity index (χ0v) is 24.1. The largest absolute Gasteiger partial charge is 0.504 e. The van der Waals surface area contributed by atoms with E-state index in [2.05, 4.69) is 54.2 Å². The summed E-state index contributed by atoms with van der Waals surface area (Å²) >= 11 is 0. The van der Waals surface area contributed by atoms with Crippen LogP contribution in [0.4, 0.5) is 5.69 Å². The molecule has 2 aromatic carbocycles. The van der Waals surface area contributed by atoms with Crippen LogP contribution in [0, 0.1) is 5.92 Å². The third-order valence-electron chi connectivity index (χ3n) is 10.3. The number of carbonyl (C=O) groups excluding carboxylic acids is 1. The summed E-state index contributed by atoms with van der Waals surface area (Å²) < 4.78 is 12.0. The molecule has 214 valence electrons. The van der Waals surface area contributed by atoms with Gasteiger partial charge < -0.3 is 24.1 Å². The predicted octanol–water partition coefficient (Wildman–Crippen LogP) is 4.87. The van der Waals surface area contributed by atoms with E-state index in [1.54, 1.807) is 24.7 Å². The molecule has 2 bridgehead atoms. The molecule has 3 aromatic rings. The molecule has 1 amide bonds. The Morgan fingerprint density at radius 3 is 2.76 bits per heavy atom. The lowest BCUT2D eigenvalue weighted by Gasteiger charge is -2.60. The molecule has 1 spiro atoms. The minimum absolute atomic E-state index is 0.0447. The number of anilines is 1. The average Bonchev–Trinajstić information content (AvgIpc) is 3.62. The number of benzene rings is 2. The van der Waals surface area contributed by atoms with Gasteiger partial charge in [0.25, 0.3) is 0 Å². The van der Waals surface area contributed by atoms with Crippen molar-refractivity contribution in [3.63, 3.8) is 0 Å². The van der Waals surface area contributed by atoms with Gasteiger partial charge in [-0.2, -0.15) is 0 Å². The number of amides is 1. The first kappa shape index (κ1) is 26.2. The maximum atomic E-state index is 13.4. The molecule has 1 aromatic heterocycles. The summed E-state index contributed by atoms with van der Waals surface area (Å²) in [5, 5.41) is 11.3. The van der Waals surface area contributed by atoms with Gasteiger partial charge in [0, 0.05) is 68.1 Å². The Bertz CT molecular complexity index is 1470. The average molecular weight is 554 g/mol. The molecule has 1 saturated carbocycles. The Morgan fingerprint density at radius 1 is 1.17 bits per heavy atom. The highest BCUT2D eigenvalue weighted by molar-refractivity contribution is 5.92. The molecule has 7 nitrogen and oxygen atoms in total. The number of likely N-dealkylation sites (tertiary alicyclic amines) is 1. The second kappa shape index (κ2) is 9.98. The molecule has 7 heteroatoms. The SMILES string of the molecule is CN(C)c1cc(O)c2c3c1C[C@@H]1[C@@H]4CC[C@@H](N(C)C(=O)C=Cc5ccoc5)[C@H](O2)[C@]34CCN1CCc1ccccc1. The van der Waals surface area contributed by atoms with Gasteiger partial charge in [-0.15, -0.1) is 0 Å². The highest BCUT2D eigenvalue weighted by atomic mass is 16.5. The summed E-state index contributed by atoms with van der Waals surface area (Å²) in [5.41, 5.74) is 5.63. The molecule has 41 heavy (non-hydrogen) atoms. The Hall–Kier alpha value is -3.71. The van der Waals surface area contributed by atoms with E-state index in [4.69, 9.17) is 9.15 Å². The van der Waals surface area contributed by atoms with E-state index in [0.717, 1.165) is 56.4 Å². The third-order valence-corrected chi connectivity index (χ3v) is 10.3. The highest BCUT2D eigenvalue weighted by Gasteiger charge is 2.66. The number of nitrogens with zero attached hydrogens (tertiary/aromatic N) is 3. The van der Waals surface area contributed by atoms with Gasteiger partial charge in [-0.05, 0) is 67.8 Å². The van der Waals surface area contributed by atoms with E-state index in [-0.39, 0.29) is 29.2 Å². The van der Waals surface area contributed by atoms with Gasteiger partial charge in [-0.3, -0.25) is 9.69 Å². The number of piperidine rings is 1. The summed E-state index contributed by atoms with van der Waals surface area (Å²) in [6, 6.07) is 14.8. The van der Waals surface area contributed by atoms with Crippen molar-refractivity contribution >= 4 is 17.7 Å². The van der Waals surface area contributed by atoms with E-state index < -0.39 is 0 Å². The minimum atomic E-state index is -0.216. The predicted molar refractivity (Wildman–Crippen MR) is 159 cm³/mol. The van der Waals surface area contributed by atoms with E-state index >= 15 is 0 Å². The number of aromatic hydroxyl groups is 1.